The van der Waals surface area contributed by atoms with Crippen LogP contribution in [-0.4, -0.2) is 16.9 Å². The Morgan fingerprint density at radius 2 is 2.12 bits per heavy atom. The van der Waals surface area contributed by atoms with Gasteiger partial charge in [-0.15, -0.1) is 11.6 Å². The van der Waals surface area contributed by atoms with E-state index in [2.05, 4.69) is 0 Å². The van der Waals surface area contributed by atoms with Gasteiger partial charge >= 0.3 is 5.97 Å². The minimum Gasteiger partial charge on any atom is -0.481 e. The molecule has 0 radical (unpaired) electrons. The third-order valence-electron chi connectivity index (χ3n) is 2.08. The average molecular weight is 245 g/mol. The molecule has 1 aromatic carbocycles. The lowest BCUT2D eigenvalue weighted by molar-refractivity contribution is -0.136. The van der Waals surface area contributed by atoms with Crippen LogP contribution in [0.2, 0.25) is 0 Å². The predicted octanol–water partition coefficient (Wildman–Crippen LogP) is 2.32. The van der Waals surface area contributed by atoms with Gasteiger partial charge in [0.15, 0.2) is 5.78 Å². The van der Waals surface area contributed by atoms with Crippen molar-refractivity contribution in [3.63, 3.8) is 0 Å². The van der Waals surface area contributed by atoms with Crippen LogP contribution in [0.1, 0.15) is 23.4 Å². The van der Waals surface area contributed by atoms with E-state index in [-0.39, 0.29) is 17.8 Å². The van der Waals surface area contributed by atoms with E-state index < -0.39 is 17.2 Å². The number of halogens is 2. The number of Topliss-reactive ketones (excluding diaryl/α,β-unsaturated/α-hetero) is 1. The highest BCUT2D eigenvalue weighted by atomic mass is 35.5. The minimum atomic E-state index is -1.10. The molecule has 86 valence electrons. The SMILES string of the molecule is CC(=O)C(Cl)c1ccc(F)cc1CC(=O)O. The van der Waals surface area contributed by atoms with Gasteiger partial charge in [0.2, 0.25) is 0 Å². The topological polar surface area (TPSA) is 54.4 Å². The third kappa shape index (κ3) is 3.03. The number of carboxylic acid groups (broad SMARTS) is 1. The van der Waals surface area contributed by atoms with Crippen molar-refractivity contribution in [1.29, 1.82) is 0 Å². The van der Waals surface area contributed by atoms with Crippen LogP contribution in [0.25, 0.3) is 0 Å². The maximum absolute atomic E-state index is 12.9. The zero-order valence-corrected chi connectivity index (χ0v) is 9.29. The molecule has 0 saturated heterocycles. The summed E-state index contributed by atoms with van der Waals surface area (Å²) in [4.78, 5) is 21.7. The van der Waals surface area contributed by atoms with Crippen LogP contribution in [0.4, 0.5) is 4.39 Å². The highest BCUT2D eigenvalue weighted by molar-refractivity contribution is 6.30. The van der Waals surface area contributed by atoms with E-state index in [4.69, 9.17) is 16.7 Å². The number of ketones is 1. The second-order valence-corrected chi connectivity index (χ2v) is 3.82. The Morgan fingerprint density at radius 3 is 2.62 bits per heavy atom. The number of carbonyl (C=O) groups excluding carboxylic acids is 1. The summed E-state index contributed by atoms with van der Waals surface area (Å²) in [7, 11) is 0. The molecule has 0 aliphatic rings. The Kier molecular flexibility index (Phi) is 4.01. The molecule has 1 rings (SSSR count). The molecule has 0 saturated carbocycles. The minimum absolute atomic E-state index is 0.225. The van der Waals surface area contributed by atoms with Crippen molar-refractivity contribution in [2.24, 2.45) is 0 Å². The van der Waals surface area contributed by atoms with Gasteiger partial charge in [0.25, 0.3) is 0 Å². The molecular formula is C11H10ClFO3. The van der Waals surface area contributed by atoms with E-state index in [0.29, 0.717) is 5.56 Å². The van der Waals surface area contributed by atoms with Crippen molar-refractivity contribution in [1.82, 2.24) is 0 Å². The molecule has 0 fully saturated rings. The Labute approximate surface area is 96.8 Å². The fourth-order valence-corrected chi connectivity index (χ4v) is 1.57. The number of alkyl halides is 1. The third-order valence-corrected chi connectivity index (χ3v) is 2.62. The van der Waals surface area contributed by atoms with Crippen LogP contribution >= 0.6 is 11.6 Å². The molecule has 0 heterocycles. The summed E-state index contributed by atoms with van der Waals surface area (Å²) < 4.78 is 12.9. The van der Waals surface area contributed by atoms with Crippen LogP contribution < -0.4 is 0 Å². The van der Waals surface area contributed by atoms with Crippen LogP contribution in [0.3, 0.4) is 0 Å². The highest BCUT2D eigenvalue weighted by Crippen LogP contribution is 2.26. The fraction of sp³-hybridized carbons (Fsp3) is 0.273. The fourth-order valence-electron chi connectivity index (χ4n) is 1.36. The molecule has 0 aliphatic carbocycles. The number of carbonyl (C=O) groups is 2. The number of benzene rings is 1. The first-order valence-corrected chi connectivity index (χ1v) is 5.00. The Bertz CT molecular complexity index is 431. The number of aliphatic carboxylic acids is 1. The van der Waals surface area contributed by atoms with Crippen molar-refractivity contribution in [3.8, 4) is 0 Å². The van der Waals surface area contributed by atoms with Gasteiger partial charge in [-0.25, -0.2) is 4.39 Å². The molecule has 1 unspecified atom stereocenters. The van der Waals surface area contributed by atoms with Crippen molar-refractivity contribution in [3.05, 3.63) is 35.1 Å². The molecule has 0 aromatic heterocycles. The molecule has 0 bridgehead atoms. The first kappa shape index (κ1) is 12.6. The van der Waals surface area contributed by atoms with Gasteiger partial charge in [-0.2, -0.15) is 0 Å². The van der Waals surface area contributed by atoms with Crippen molar-refractivity contribution >= 4 is 23.4 Å². The van der Waals surface area contributed by atoms with Gasteiger partial charge in [0.05, 0.1) is 6.42 Å². The number of hydrogen-bond donors (Lipinski definition) is 1. The van der Waals surface area contributed by atoms with Crippen molar-refractivity contribution in [2.45, 2.75) is 18.7 Å². The van der Waals surface area contributed by atoms with E-state index in [1.54, 1.807) is 0 Å². The Morgan fingerprint density at radius 1 is 1.50 bits per heavy atom. The lowest BCUT2D eigenvalue weighted by Crippen LogP contribution is -2.09. The molecule has 1 atom stereocenters. The maximum Gasteiger partial charge on any atom is 0.307 e. The summed E-state index contributed by atoms with van der Waals surface area (Å²) in [6.45, 7) is 1.30. The standard InChI is InChI=1S/C11H10ClFO3/c1-6(14)11(12)9-3-2-8(13)4-7(9)5-10(15)16/h2-4,11H,5H2,1H3,(H,15,16). The number of rotatable bonds is 4. The van der Waals surface area contributed by atoms with Crippen molar-refractivity contribution in [2.75, 3.05) is 0 Å². The van der Waals surface area contributed by atoms with E-state index in [9.17, 15) is 14.0 Å². The molecule has 0 amide bonds. The largest absolute Gasteiger partial charge is 0.481 e. The number of carboxylic acids is 1. The van der Waals surface area contributed by atoms with Gasteiger partial charge in [0, 0.05) is 0 Å². The maximum atomic E-state index is 12.9. The van der Waals surface area contributed by atoms with Crippen LogP contribution in [0.5, 0.6) is 0 Å². The van der Waals surface area contributed by atoms with Crippen LogP contribution in [0, 0.1) is 5.82 Å². The lowest BCUT2D eigenvalue weighted by Gasteiger charge is -2.11. The summed E-state index contributed by atoms with van der Waals surface area (Å²) in [6.07, 6.45) is -0.358. The van der Waals surface area contributed by atoms with E-state index in [1.807, 2.05) is 0 Å². The monoisotopic (exact) mass is 244 g/mol. The predicted molar refractivity (Wildman–Crippen MR) is 57.0 cm³/mol. The van der Waals surface area contributed by atoms with Gasteiger partial charge < -0.3 is 5.11 Å². The normalized spacial score (nSPS) is 12.2. The molecule has 16 heavy (non-hydrogen) atoms. The summed E-state index contributed by atoms with van der Waals surface area (Å²) in [6, 6.07) is 3.58. The average Bonchev–Trinajstić information content (AvgIpc) is 2.15. The van der Waals surface area contributed by atoms with Crippen LogP contribution in [0.15, 0.2) is 18.2 Å². The molecule has 0 spiro atoms. The van der Waals surface area contributed by atoms with Gasteiger partial charge in [0.1, 0.15) is 11.2 Å². The summed E-state index contributed by atoms with van der Waals surface area (Å²) in [5.74, 6) is -1.95. The zero-order chi connectivity index (χ0) is 12.3. The summed E-state index contributed by atoms with van der Waals surface area (Å²) in [5.41, 5.74) is 0.570. The molecule has 3 nitrogen and oxygen atoms in total. The smallest absolute Gasteiger partial charge is 0.307 e. The molecule has 1 aromatic rings. The molecule has 1 N–H and O–H groups in total. The highest BCUT2D eigenvalue weighted by Gasteiger charge is 2.18. The lowest BCUT2D eigenvalue weighted by atomic mass is 10.00. The first-order valence-electron chi connectivity index (χ1n) is 4.56. The van der Waals surface area contributed by atoms with Crippen molar-refractivity contribution < 1.29 is 19.1 Å². The van der Waals surface area contributed by atoms with Gasteiger partial charge in [-0.3, -0.25) is 9.59 Å². The molecule has 0 aliphatic heterocycles. The van der Waals surface area contributed by atoms with Gasteiger partial charge in [-0.05, 0) is 30.2 Å². The molecular weight excluding hydrogens is 235 g/mol. The summed E-state index contributed by atoms with van der Waals surface area (Å²) in [5, 5.41) is 7.72. The van der Waals surface area contributed by atoms with Gasteiger partial charge in [-0.1, -0.05) is 6.07 Å². The van der Waals surface area contributed by atoms with E-state index >= 15 is 0 Å². The first-order chi connectivity index (χ1) is 7.41. The Hall–Kier alpha value is -1.42. The van der Waals surface area contributed by atoms with E-state index in [0.717, 1.165) is 12.1 Å². The quantitative estimate of drug-likeness (QED) is 0.827. The molecule has 5 heteroatoms. The number of hydrogen-bond acceptors (Lipinski definition) is 2. The Balaban J connectivity index is 3.16. The summed E-state index contributed by atoms with van der Waals surface area (Å²) >= 11 is 5.82. The van der Waals surface area contributed by atoms with Crippen LogP contribution in [-0.2, 0) is 16.0 Å². The zero-order valence-electron chi connectivity index (χ0n) is 8.54. The second kappa shape index (κ2) is 5.07. The second-order valence-electron chi connectivity index (χ2n) is 3.39. The van der Waals surface area contributed by atoms with E-state index in [1.165, 1.54) is 13.0 Å².